The van der Waals surface area contributed by atoms with Crippen LogP contribution in [0.25, 0.3) is 11.2 Å². The molecule has 3 heterocycles. The Morgan fingerprint density at radius 1 is 1.11 bits per heavy atom. The molecule has 2 aromatic heterocycles. The predicted molar refractivity (Wildman–Crippen MR) is 131 cm³/mol. The average molecular weight is 523 g/mol. The molecule has 2 fully saturated rings. The highest BCUT2D eigenvalue weighted by Gasteiger charge is 2.30. The zero-order chi connectivity index (χ0) is 24.5. The molecule has 3 N–H and O–H groups in total. The number of anilines is 3. The Hall–Kier alpha value is -2.69. The van der Waals surface area contributed by atoms with Crippen molar-refractivity contribution in [2.45, 2.75) is 50.6 Å². The molecule has 1 aromatic carbocycles. The molecular formula is C23H25Cl2FN6O3. The van der Waals surface area contributed by atoms with Crippen LogP contribution in [-0.2, 0) is 9.53 Å². The topological polar surface area (TPSA) is 114 Å². The van der Waals surface area contributed by atoms with Gasteiger partial charge in [-0.15, -0.1) is 0 Å². The molecule has 12 heteroatoms. The number of aliphatic carboxylic acids is 1. The Bertz CT molecular complexity index is 1220. The maximum atomic E-state index is 14.7. The van der Waals surface area contributed by atoms with Crippen LogP contribution in [0.2, 0.25) is 10.0 Å². The Labute approximate surface area is 211 Å². The van der Waals surface area contributed by atoms with Gasteiger partial charge in [-0.05, 0) is 50.7 Å². The minimum atomic E-state index is -0.780. The number of nitrogens with one attached hydrogen (secondary N) is 2. The van der Waals surface area contributed by atoms with Gasteiger partial charge in [0.1, 0.15) is 11.3 Å². The normalized spacial score (nSPS) is 21.2. The number of carboxylic acids is 1. The third kappa shape index (κ3) is 5.14. The quantitative estimate of drug-likeness (QED) is 0.393. The van der Waals surface area contributed by atoms with Crippen molar-refractivity contribution in [3.05, 3.63) is 34.2 Å². The van der Waals surface area contributed by atoms with E-state index in [0.717, 1.165) is 12.8 Å². The number of imidazole rings is 1. The van der Waals surface area contributed by atoms with E-state index in [1.54, 1.807) is 6.20 Å². The van der Waals surface area contributed by atoms with Crippen molar-refractivity contribution >= 4 is 57.9 Å². The Kier molecular flexibility index (Phi) is 6.95. The summed E-state index contributed by atoms with van der Waals surface area (Å²) in [7, 11) is 0. The van der Waals surface area contributed by atoms with Gasteiger partial charge in [-0.3, -0.25) is 9.36 Å². The first kappa shape index (κ1) is 24.0. The van der Waals surface area contributed by atoms with Crippen molar-refractivity contribution in [1.29, 1.82) is 0 Å². The summed E-state index contributed by atoms with van der Waals surface area (Å²) in [6.07, 6.45) is 5.68. The highest BCUT2D eigenvalue weighted by molar-refractivity contribution is 6.36. The van der Waals surface area contributed by atoms with Crippen molar-refractivity contribution in [2.75, 3.05) is 23.8 Å². The second kappa shape index (κ2) is 10.1. The average Bonchev–Trinajstić information content (AvgIpc) is 3.19. The van der Waals surface area contributed by atoms with Crippen molar-refractivity contribution in [2.24, 2.45) is 5.92 Å². The van der Waals surface area contributed by atoms with E-state index in [1.807, 2.05) is 4.57 Å². The molecule has 9 nitrogen and oxygen atoms in total. The minimum Gasteiger partial charge on any atom is -0.481 e. The molecule has 5 rings (SSSR count). The van der Waals surface area contributed by atoms with Gasteiger partial charge in [0.05, 0.1) is 22.8 Å². The van der Waals surface area contributed by atoms with E-state index in [-0.39, 0.29) is 33.7 Å². The molecule has 0 radical (unpaired) electrons. The van der Waals surface area contributed by atoms with Crippen LogP contribution in [-0.4, -0.2) is 49.9 Å². The number of hydrogen-bond donors (Lipinski definition) is 3. The maximum absolute atomic E-state index is 14.7. The predicted octanol–water partition coefficient (Wildman–Crippen LogP) is 5.42. The van der Waals surface area contributed by atoms with Crippen molar-refractivity contribution in [1.82, 2.24) is 19.5 Å². The Morgan fingerprint density at radius 3 is 2.54 bits per heavy atom. The molecule has 1 aliphatic heterocycles. The third-order valence-corrected chi connectivity index (χ3v) is 7.16. The third-order valence-electron chi connectivity index (χ3n) is 6.64. The minimum absolute atomic E-state index is 0.0559. The van der Waals surface area contributed by atoms with Crippen molar-refractivity contribution in [3.8, 4) is 0 Å². The number of carboxylic acid groups (broad SMARTS) is 1. The lowest BCUT2D eigenvalue weighted by Crippen LogP contribution is -2.28. The highest BCUT2D eigenvalue weighted by atomic mass is 35.5. The molecule has 0 bridgehead atoms. The zero-order valence-corrected chi connectivity index (χ0v) is 20.3. The van der Waals surface area contributed by atoms with E-state index >= 15 is 0 Å². The number of hydrogen-bond acceptors (Lipinski definition) is 7. The molecule has 0 atom stereocenters. The van der Waals surface area contributed by atoms with Crippen LogP contribution < -0.4 is 10.6 Å². The zero-order valence-electron chi connectivity index (χ0n) is 18.8. The number of carbonyl (C=O) groups is 1. The molecule has 35 heavy (non-hydrogen) atoms. The molecule has 186 valence electrons. The largest absolute Gasteiger partial charge is 0.481 e. The van der Waals surface area contributed by atoms with Gasteiger partial charge in [0.25, 0.3) is 0 Å². The van der Waals surface area contributed by atoms with Gasteiger partial charge in [-0.25, -0.2) is 14.4 Å². The van der Waals surface area contributed by atoms with E-state index in [2.05, 4.69) is 20.6 Å². The van der Waals surface area contributed by atoms with Gasteiger partial charge >= 0.3 is 5.97 Å². The molecule has 1 aliphatic carbocycles. The van der Waals surface area contributed by atoms with Gasteiger partial charge in [-0.2, -0.15) is 4.98 Å². The van der Waals surface area contributed by atoms with Crippen molar-refractivity contribution in [3.63, 3.8) is 0 Å². The summed E-state index contributed by atoms with van der Waals surface area (Å²) in [4.78, 5) is 25.3. The fraction of sp³-hybridized carbons (Fsp3) is 0.478. The van der Waals surface area contributed by atoms with Gasteiger partial charge in [0, 0.05) is 30.3 Å². The Morgan fingerprint density at radius 2 is 1.86 bits per heavy atom. The monoisotopic (exact) mass is 522 g/mol. The summed E-state index contributed by atoms with van der Waals surface area (Å²) < 4.78 is 22.0. The van der Waals surface area contributed by atoms with Crippen LogP contribution >= 0.6 is 23.2 Å². The first-order valence-electron chi connectivity index (χ1n) is 11.6. The number of halogens is 3. The first-order valence-corrected chi connectivity index (χ1v) is 12.4. The lowest BCUT2D eigenvalue weighted by atomic mass is 9.86. The molecule has 1 saturated heterocycles. The molecular weight excluding hydrogens is 498 g/mol. The first-order chi connectivity index (χ1) is 16.9. The SMILES string of the molecule is O=C(O)[C@H]1CC[C@H](n2c(Nc3c(F)cc(Cl)cc3Cl)nc3cnc(NC4CCOCC4)nc32)CC1. The lowest BCUT2D eigenvalue weighted by Gasteiger charge is -2.28. The van der Waals surface area contributed by atoms with Crippen LogP contribution in [0.5, 0.6) is 0 Å². The standard InChI is InChI=1S/C23H25Cl2FN6O3/c24-13-9-16(25)19(17(26)10-13)30-23-29-18-11-27-22(28-14-5-7-35-8-6-14)31-20(18)32(23)15-3-1-12(2-4-15)21(33)34/h9-12,14-15H,1-8H2,(H,29,30)(H,33,34)(H,27,28,31)/t12-,15-. The summed E-state index contributed by atoms with van der Waals surface area (Å²) >= 11 is 12.2. The second-order valence-electron chi connectivity index (χ2n) is 8.95. The summed E-state index contributed by atoms with van der Waals surface area (Å²) in [5.41, 5.74) is 1.18. The summed E-state index contributed by atoms with van der Waals surface area (Å²) in [5, 5.41) is 16.1. The molecule has 0 amide bonds. The maximum Gasteiger partial charge on any atom is 0.306 e. The van der Waals surface area contributed by atoms with E-state index in [9.17, 15) is 14.3 Å². The van der Waals surface area contributed by atoms with Gasteiger partial charge < -0.3 is 20.5 Å². The second-order valence-corrected chi connectivity index (χ2v) is 9.80. The summed E-state index contributed by atoms with van der Waals surface area (Å²) in [6.45, 7) is 1.37. The van der Waals surface area contributed by atoms with E-state index in [4.69, 9.17) is 32.9 Å². The summed E-state index contributed by atoms with van der Waals surface area (Å²) in [6, 6.07) is 2.77. The molecule has 2 aliphatic rings. The fourth-order valence-electron chi connectivity index (χ4n) is 4.77. The number of ether oxygens (including phenoxy) is 1. The Balaban J connectivity index is 1.52. The van der Waals surface area contributed by atoms with Crippen LogP contribution in [0.1, 0.15) is 44.6 Å². The number of rotatable bonds is 6. The highest BCUT2D eigenvalue weighted by Crippen LogP contribution is 2.38. The number of benzene rings is 1. The summed E-state index contributed by atoms with van der Waals surface area (Å²) in [5.74, 6) is -0.923. The molecule has 1 saturated carbocycles. The molecule has 0 spiro atoms. The lowest BCUT2D eigenvalue weighted by molar-refractivity contribution is -0.143. The number of aromatic nitrogens is 4. The molecule has 3 aromatic rings. The van der Waals surface area contributed by atoms with Crippen LogP contribution in [0.4, 0.5) is 22.0 Å². The van der Waals surface area contributed by atoms with E-state index in [0.29, 0.717) is 62.0 Å². The smallest absolute Gasteiger partial charge is 0.306 e. The van der Waals surface area contributed by atoms with Crippen LogP contribution in [0.3, 0.4) is 0 Å². The van der Waals surface area contributed by atoms with Crippen LogP contribution in [0.15, 0.2) is 18.3 Å². The fourth-order valence-corrected chi connectivity index (χ4v) is 5.29. The van der Waals surface area contributed by atoms with Crippen molar-refractivity contribution < 1.29 is 19.0 Å². The van der Waals surface area contributed by atoms with Gasteiger partial charge in [-0.1, -0.05) is 23.2 Å². The van der Waals surface area contributed by atoms with Gasteiger partial charge in [0.2, 0.25) is 11.9 Å². The van der Waals surface area contributed by atoms with Gasteiger partial charge in [0.15, 0.2) is 5.65 Å². The number of fused-ring (bicyclic) bond motifs is 1. The van der Waals surface area contributed by atoms with E-state index < -0.39 is 11.8 Å². The number of nitrogens with zero attached hydrogens (tertiary/aromatic N) is 4. The molecule has 0 unspecified atom stereocenters. The van der Waals surface area contributed by atoms with E-state index in [1.165, 1.54) is 12.1 Å². The van der Waals surface area contributed by atoms with Crippen LogP contribution in [0, 0.1) is 11.7 Å².